The van der Waals surface area contributed by atoms with Crippen molar-refractivity contribution >= 4 is 11.4 Å². The van der Waals surface area contributed by atoms with E-state index in [4.69, 9.17) is 11.0 Å². The Bertz CT molecular complexity index is 447. The molecule has 17 heavy (non-hydrogen) atoms. The van der Waals surface area contributed by atoms with Crippen molar-refractivity contribution in [3.05, 3.63) is 23.8 Å². The van der Waals surface area contributed by atoms with Crippen LogP contribution in [-0.4, -0.2) is 13.6 Å². The molecule has 1 aliphatic carbocycles. The molecule has 0 amide bonds. The second kappa shape index (κ2) is 4.67. The van der Waals surface area contributed by atoms with Crippen molar-refractivity contribution < 1.29 is 0 Å². The average molecular weight is 229 g/mol. The Morgan fingerprint density at radius 2 is 2.24 bits per heavy atom. The van der Waals surface area contributed by atoms with Crippen LogP contribution in [0, 0.1) is 23.2 Å². The maximum atomic E-state index is 8.74. The van der Waals surface area contributed by atoms with E-state index in [1.165, 1.54) is 6.42 Å². The lowest BCUT2D eigenvalue weighted by Gasteiger charge is -2.20. The van der Waals surface area contributed by atoms with Gasteiger partial charge in [0.05, 0.1) is 12.5 Å². The minimum absolute atomic E-state index is 0.382. The maximum Gasteiger partial charge on any atom is 0.0670 e. The van der Waals surface area contributed by atoms with E-state index in [1.807, 2.05) is 18.2 Å². The van der Waals surface area contributed by atoms with Gasteiger partial charge in [0.2, 0.25) is 0 Å². The van der Waals surface area contributed by atoms with Crippen LogP contribution < -0.4 is 10.6 Å². The number of nitrogens with zero attached hydrogens (tertiary/aromatic N) is 2. The Morgan fingerprint density at radius 1 is 1.53 bits per heavy atom. The zero-order chi connectivity index (χ0) is 12.4. The molecule has 0 bridgehead atoms. The largest absolute Gasteiger partial charge is 0.398 e. The number of nitrogens with two attached hydrogens (primary N) is 1. The molecule has 3 heteroatoms. The summed E-state index contributed by atoms with van der Waals surface area (Å²) in [7, 11) is 2.10. The van der Waals surface area contributed by atoms with Gasteiger partial charge in [-0.05, 0) is 42.0 Å². The predicted octanol–water partition coefficient (Wildman–Crippen LogP) is 2.43. The molecule has 0 heterocycles. The molecule has 0 aliphatic heterocycles. The fraction of sp³-hybridized carbons (Fsp3) is 0.500. The molecule has 1 aromatic rings. The fourth-order valence-corrected chi connectivity index (χ4v) is 2.18. The Balaban J connectivity index is 2.09. The third kappa shape index (κ3) is 2.71. The van der Waals surface area contributed by atoms with E-state index in [2.05, 4.69) is 24.9 Å². The van der Waals surface area contributed by atoms with Gasteiger partial charge in [0, 0.05) is 25.0 Å². The van der Waals surface area contributed by atoms with Crippen molar-refractivity contribution in [2.45, 2.75) is 19.8 Å². The molecule has 3 nitrogen and oxygen atoms in total. The zero-order valence-electron chi connectivity index (χ0n) is 10.5. The fourth-order valence-electron chi connectivity index (χ4n) is 2.18. The molecule has 1 saturated carbocycles. The van der Waals surface area contributed by atoms with Crippen LogP contribution in [0.25, 0.3) is 0 Å². The van der Waals surface area contributed by atoms with E-state index in [0.717, 1.165) is 29.6 Å². The van der Waals surface area contributed by atoms with Crippen LogP contribution in [0.5, 0.6) is 0 Å². The minimum atomic E-state index is 0.382. The Hall–Kier alpha value is -1.69. The third-order valence-electron chi connectivity index (χ3n) is 3.62. The van der Waals surface area contributed by atoms with Gasteiger partial charge in [0.1, 0.15) is 0 Å². The molecule has 0 aromatic heterocycles. The predicted molar refractivity (Wildman–Crippen MR) is 70.7 cm³/mol. The molecule has 0 saturated heterocycles. The molecule has 2 N–H and O–H groups in total. The first-order chi connectivity index (χ1) is 8.11. The van der Waals surface area contributed by atoms with Crippen LogP contribution in [0.15, 0.2) is 18.2 Å². The number of nitrogen functional groups attached to an aromatic ring is 1. The summed E-state index contributed by atoms with van der Waals surface area (Å²) in [6, 6.07) is 8.11. The number of hydrogen-bond acceptors (Lipinski definition) is 3. The molecule has 2 atom stereocenters. The molecular formula is C14H19N3. The summed E-state index contributed by atoms with van der Waals surface area (Å²) in [5.74, 6) is 1.70. The normalized spacial score (nSPS) is 21.9. The van der Waals surface area contributed by atoms with Crippen molar-refractivity contribution in [3.63, 3.8) is 0 Å². The van der Waals surface area contributed by atoms with Crippen molar-refractivity contribution in [2.75, 3.05) is 24.2 Å². The van der Waals surface area contributed by atoms with Crippen molar-refractivity contribution in [1.82, 2.24) is 0 Å². The van der Waals surface area contributed by atoms with E-state index < -0.39 is 0 Å². The third-order valence-corrected chi connectivity index (χ3v) is 3.62. The Morgan fingerprint density at radius 3 is 2.82 bits per heavy atom. The smallest absolute Gasteiger partial charge is 0.0670 e. The molecule has 90 valence electrons. The Labute approximate surface area is 103 Å². The van der Waals surface area contributed by atoms with Crippen LogP contribution in [0.4, 0.5) is 11.4 Å². The number of rotatable bonds is 4. The van der Waals surface area contributed by atoms with Crippen LogP contribution >= 0.6 is 0 Å². The van der Waals surface area contributed by atoms with Crippen LogP contribution in [0.1, 0.15) is 18.9 Å². The second-order valence-electron chi connectivity index (χ2n) is 5.07. The van der Waals surface area contributed by atoms with E-state index in [9.17, 15) is 0 Å². The number of nitriles is 1. The summed E-state index contributed by atoms with van der Waals surface area (Å²) >= 11 is 0. The first-order valence-electron chi connectivity index (χ1n) is 6.08. The van der Waals surface area contributed by atoms with Crippen LogP contribution in [-0.2, 0) is 6.42 Å². The molecule has 0 radical (unpaired) electrons. The minimum Gasteiger partial charge on any atom is -0.398 e. The second-order valence-corrected chi connectivity index (χ2v) is 5.07. The van der Waals surface area contributed by atoms with E-state index >= 15 is 0 Å². The molecular weight excluding hydrogens is 210 g/mol. The van der Waals surface area contributed by atoms with Gasteiger partial charge in [-0.1, -0.05) is 6.92 Å². The average Bonchev–Trinajstić information content (AvgIpc) is 2.97. The molecule has 2 unspecified atom stereocenters. The van der Waals surface area contributed by atoms with Crippen molar-refractivity contribution in [3.8, 4) is 6.07 Å². The summed E-state index contributed by atoms with van der Waals surface area (Å²) in [6.45, 7) is 3.39. The summed E-state index contributed by atoms with van der Waals surface area (Å²) in [5.41, 5.74) is 8.64. The first-order valence-corrected chi connectivity index (χ1v) is 6.08. The molecule has 2 rings (SSSR count). The summed E-state index contributed by atoms with van der Waals surface area (Å²) in [6.07, 6.45) is 1.72. The standard InChI is InChI=1S/C14H19N3/c1-10-7-12(10)9-17(2)13-3-4-14(16)11(8-13)5-6-15/h3-4,8,10,12H,5,7,9,16H2,1-2H3. The maximum absolute atomic E-state index is 8.74. The highest BCUT2D eigenvalue weighted by Gasteiger charge is 2.33. The van der Waals surface area contributed by atoms with Crippen molar-refractivity contribution in [1.29, 1.82) is 5.26 Å². The topological polar surface area (TPSA) is 53.0 Å². The van der Waals surface area contributed by atoms with Gasteiger partial charge in [-0.25, -0.2) is 0 Å². The van der Waals surface area contributed by atoms with Gasteiger partial charge in [0.15, 0.2) is 0 Å². The van der Waals surface area contributed by atoms with Crippen LogP contribution in [0.2, 0.25) is 0 Å². The molecule has 0 spiro atoms. The van der Waals surface area contributed by atoms with Gasteiger partial charge in [-0.15, -0.1) is 0 Å². The molecule has 1 fully saturated rings. The summed E-state index contributed by atoms with van der Waals surface area (Å²) in [4.78, 5) is 2.26. The van der Waals surface area contributed by atoms with Gasteiger partial charge in [-0.2, -0.15) is 5.26 Å². The molecule has 1 aromatic carbocycles. The van der Waals surface area contributed by atoms with E-state index in [-0.39, 0.29) is 0 Å². The van der Waals surface area contributed by atoms with Gasteiger partial charge >= 0.3 is 0 Å². The van der Waals surface area contributed by atoms with Crippen LogP contribution in [0.3, 0.4) is 0 Å². The number of anilines is 2. The lowest BCUT2D eigenvalue weighted by Crippen LogP contribution is -2.20. The van der Waals surface area contributed by atoms with Gasteiger partial charge < -0.3 is 10.6 Å². The highest BCUT2D eigenvalue weighted by atomic mass is 15.1. The summed E-state index contributed by atoms with van der Waals surface area (Å²) in [5, 5.41) is 8.74. The van der Waals surface area contributed by atoms with E-state index in [0.29, 0.717) is 12.1 Å². The Kier molecular flexibility index (Phi) is 3.23. The van der Waals surface area contributed by atoms with Gasteiger partial charge in [0.25, 0.3) is 0 Å². The van der Waals surface area contributed by atoms with Crippen molar-refractivity contribution in [2.24, 2.45) is 11.8 Å². The number of hydrogen-bond donors (Lipinski definition) is 1. The quantitative estimate of drug-likeness (QED) is 0.807. The lowest BCUT2D eigenvalue weighted by atomic mass is 10.1. The van der Waals surface area contributed by atoms with Gasteiger partial charge in [-0.3, -0.25) is 0 Å². The summed E-state index contributed by atoms with van der Waals surface area (Å²) < 4.78 is 0. The number of benzene rings is 1. The SMILES string of the molecule is CC1CC1CN(C)c1ccc(N)c(CC#N)c1. The molecule has 1 aliphatic rings. The monoisotopic (exact) mass is 229 g/mol. The highest BCUT2D eigenvalue weighted by molar-refractivity contribution is 5.59. The zero-order valence-corrected chi connectivity index (χ0v) is 10.5. The highest BCUT2D eigenvalue weighted by Crippen LogP contribution is 2.38. The lowest BCUT2D eigenvalue weighted by molar-refractivity contribution is 0.725. The first kappa shape index (κ1) is 11.8. The van der Waals surface area contributed by atoms with E-state index in [1.54, 1.807) is 0 Å².